The van der Waals surface area contributed by atoms with E-state index in [9.17, 15) is 5.11 Å². The summed E-state index contributed by atoms with van der Waals surface area (Å²) in [6.07, 6.45) is 0. The summed E-state index contributed by atoms with van der Waals surface area (Å²) in [7, 11) is 1.64. The SMILES string of the molecule is COc1ccc(-c2cc(=Nc3nc4ccccc4s3)c3cc(O)ccc3o2)cc1. The molecular formula is C23H16N2O3S. The molecule has 29 heavy (non-hydrogen) atoms. The van der Waals surface area contributed by atoms with Crippen LogP contribution in [0.3, 0.4) is 0 Å². The van der Waals surface area contributed by atoms with E-state index in [4.69, 9.17) is 14.1 Å². The van der Waals surface area contributed by atoms with Gasteiger partial charge in [-0.15, -0.1) is 0 Å². The van der Waals surface area contributed by atoms with Gasteiger partial charge in [-0.2, -0.15) is 0 Å². The maximum atomic E-state index is 9.97. The second-order valence-corrected chi connectivity index (χ2v) is 7.49. The Balaban J connectivity index is 1.74. The lowest BCUT2D eigenvalue weighted by molar-refractivity contribution is 0.415. The smallest absolute Gasteiger partial charge is 0.210 e. The minimum atomic E-state index is 0.158. The lowest BCUT2D eigenvalue weighted by Crippen LogP contribution is -2.03. The first kappa shape index (κ1) is 17.5. The van der Waals surface area contributed by atoms with Crippen molar-refractivity contribution in [2.24, 2.45) is 4.99 Å². The van der Waals surface area contributed by atoms with Crippen molar-refractivity contribution in [3.8, 4) is 22.8 Å². The van der Waals surface area contributed by atoms with Crippen LogP contribution in [-0.4, -0.2) is 17.2 Å². The highest BCUT2D eigenvalue weighted by atomic mass is 32.1. The number of ether oxygens (including phenoxy) is 1. The van der Waals surface area contributed by atoms with Crippen molar-refractivity contribution in [2.45, 2.75) is 0 Å². The fraction of sp³-hybridized carbons (Fsp3) is 0.0435. The zero-order chi connectivity index (χ0) is 19.8. The molecule has 0 saturated carbocycles. The van der Waals surface area contributed by atoms with E-state index in [0.29, 0.717) is 21.8 Å². The molecule has 142 valence electrons. The highest BCUT2D eigenvalue weighted by Crippen LogP contribution is 2.29. The van der Waals surface area contributed by atoms with Gasteiger partial charge >= 0.3 is 0 Å². The number of hydrogen-bond donors (Lipinski definition) is 1. The van der Waals surface area contributed by atoms with Crippen molar-refractivity contribution in [3.63, 3.8) is 0 Å². The van der Waals surface area contributed by atoms with Gasteiger partial charge in [0.15, 0.2) is 0 Å². The van der Waals surface area contributed by atoms with E-state index in [0.717, 1.165) is 26.9 Å². The Labute approximate surface area is 170 Å². The molecule has 2 aromatic heterocycles. The number of nitrogens with zero attached hydrogens (tertiary/aromatic N) is 2. The Bertz CT molecular complexity index is 1370. The summed E-state index contributed by atoms with van der Waals surface area (Å²) < 4.78 is 12.4. The first-order valence-electron chi connectivity index (χ1n) is 9.01. The third-order valence-corrected chi connectivity index (χ3v) is 5.53. The molecule has 0 spiro atoms. The van der Waals surface area contributed by atoms with Crippen LogP contribution < -0.4 is 10.1 Å². The second-order valence-electron chi connectivity index (χ2n) is 6.48. The van der Waals surface area contributed by atoms with Gasteiger partial charge in [0.05, 0.1) is 22.7 Å². The van der Waals surface area contributed by atoms with E-state index in [2.05, 4.69) is 4.98 Å². The van der Waals surface area contributed by atoms with Gasteiger partial charge in [0, 0.05) is 17.0 Å². The number of fused-ring (bicyclic) bond motifs is 2. The molecule has 0 aliphatic rings. The lowest BCUT2D eigenvalue weighted by atomic mass is 10.1. The van der Waals surface area contributed by atoms with Crippen LogP contribution in [0.25, 0.3) is 32.5 Å². The summed E-state index contributed by atoms with van der Waals surface area (Å²) in [5.74, 6) is 1.61. The summed E-state index contributed by atoms with van der Waals surface area (Å²) in [4.78, 5) is 9.38. The number of hydrogen-bond acceptors (Lipinski definition) is 6. The van der Waals surface area contributed by atoms with Gasteiger partial charge in [-0.3, -0.25) is 0 Å². The molecule has 3 aromatic carbocycles. The van der Waals surface area contributed by atoms with Crippen molar-refractivity contribution >= 4 is 37.7 Å². The van der Waals surface area contributed by atoms with E-state index in [1.54, 1.807) is 25.3 Å². The van der Waals surface area contributed by atoms with E-state index < -0.39 is 0 Å². The summed E-state index contributed by atoms with van der Waals surface area (Å²) in [6.45, 7) is 0. The Morgan fingerprint density at radius 3 is 2.62 bits per heavy atom. The average Bonchev–Trinajstić information content (AvgIpc) is 3.16. The number of aromatic nitrogens is 1. The number of aromatic hydroxyl groups is 1. The highest BCUT2D eigenvalue weighted by molar-refractivity contribution is 7.21. The molecule has 0 saturated heterocycles. The summed E-state index contributed by atoms with van der Waals surface area (Å²) in [5.41, 5.74) is 2.46. The van der Waals surface area contributed by atoms with Gasteiger partial charge in [0.1, 0.15) is 22.8 Å². The first-order valence-corrected chi connectivity index (χ1v) is 9.83. The van der Waals surface area contributed by atoms with Gasteiger partial charge < -0.3 is 14.3 Å². The fourth-order valence-electron chi connectivity index (χ4n) is 3.16. The molecule has 0 aliphatic carbocycles. The van der Waals surface area contributed by atoms with Crippen LogP contribution >= 0.6 is 11.3 Å². The zero-order valence-corrected chi connectivity index (χ0v) is 16.3. The van der Waals surface area contributed by atoms with Crippen LogP contribution in [0.2, 0.25) is 0 Å². The average molecular weight is 400 g/mol. The van der Waals surface area contributed by atoms with Gasteiger partial charge in [0.25, 0.3) is 0 Å². The quantitative estimate of drug-likeness (QED) is 0.425. The molecule has 5 rings (SSSR count). The molecular weight excluding hydrogens is 384 g/mol. The predicted octanol–water partition coefficient (Wildman–Crippen LogP) is 5.66. The Kier molecular flexibility index (Phi) is 4.26. The van der Waals surface area contributed by atoms with Gasteiger partial charge in [-0.1, -0.05) is 23.5 Å². The van der Waals surface area contributed by atoms with Crippen molar-refractivity contribution in [1.29, 1.82) is 0 Å². The maximum absolute atomic E-state index is 9.97. The third kappa shape index (κ3) is 3.34. The number of phenols is 1. The Morgan fingerprint density at radius 2 is 1.83 bits per heavy atom. The van der Waals surface area contributed by atoms with Gasteiger partial charge in [-0.05, 0) is 54.6 Å². The summed E-state index contributed by atoms with van der Waals surface area (Å²) in [6, 6.07) is 22.5. The van der Waals surface area contributed by atoms with Crippen molar-refractivity contribution in [3.05, 3.63) is 78.2 Å². The number of methoxy groups -OCH3 is 1. The van der Waals surface area contributed by atoms with E-state index in [1.165, 1.54) is 11.3 Å². The maximum Gasteiger partial charge on any atom is 0.210 e. The largest absolute Gasteiger partial charge is 0.508 e. The summed E-state index contributed by atoms with van der Waals surface area (Å²) in [5, 5.41) is 12.0. The minimum Gasteiger partial charge on any atom is -0.508 e. The molecule has 0 bridgehead atoms. The normalized spacial score (nSPS) is 12.0. The molecule has 2 heterocycles. The molecule has 5 aromatic rings. The molecule has 0 atom stereocenters. The van der Waals surface area contributed by atoms with Crippen LogP contribution in [-0.2, 0) is 0 Å². The Hall–Kier alpha value is -3.64. The molecule has 0 unspecified atom stereocenters. The van der Waals surface area contributed by atoms with Crippen LogP contribution in [0.5, 0.6) is 11.5 Å². The van der Waals surface area contributed by atoms with Crippen LogP contribution in [0.15, 0.2) is 82.2 Å². The van der Waals surface area contributed by atoms with Crippen LogP contribution in [0.1, 0.15) is 0 Å². The standard InChI is InChI=1S/C23H16N2O3S/c1-27-16-9-6-14(7-10-16)21-13-19(17-12-15(26)8-11-20(17)28-21)25-23-24-18-4-2-3-5-22(18)29-23/h2-13,26H,1H3. The van der Waals surface area contributed by atoms with Crippen LogP contribution in [0, 0.1) is 0 Å². The topological polar surface area (TPSA) is 67.9 Å². The summed E-state index contributed by atoms with van der Waals surface area (Å²) >= 11 is 1.52. The van der Waals surface area contributed by atoms with Crippen molar-refractivity contribution in [2.75, 3.05) is 7.11 Å². The van der Waals surface area contributed by atoms with Crippen LogP contribution in [0.4, 0.5) is 5.13 Å². The highest BCUT2D eigenvalue weighted by Gasteiger charge is 2.09. The predicted molar refractivity (Wildman–Crippen MR) is 115 cm³/mol. The second kappa shape index (κ2) is 7.07. The molecule has 0 amide bonds. The number of rotatable bonds is 3. The van der Waals surface area contributed by atoms with Crippen molar-refractivity contribution < 1.29 is 14.3 Å². The first-order chi connectivity index (χ1) is 14.2. The molecule has 5 nitrogen and oxygen atoms in total. The molecule has 1 N–H and O–H groups in total. The van der Waals surface area contributed by atoms with E-state index in [-0.39, 0.29) is 5.75 Å². The fourth-order valence-corrected chi connectivity index (χ4v) is 4.01. The number of phenolic OH excluding ortho intramolecular Hbond substituents is 1. The molecule has 0 aliphatic heterocycles. The molecule has 0 fully saturated rings. The molecule has 0 radical (unpaired) electrons. The van der Waals surface area contributed by atoms with Gasteiger partial charge in [0.2, 0.25) is 5.13 Å². The van der Waals surface area contributed by atoms with E-state index >= 15 is 0 Å². The zero-order valence-electron chi connectivity index (χ0n) is 15.5. The number of benzene rings is 3. The number of thiazole rings is 1. The third-order valence-electron chi connectivity index (χ3n) is 4.60. The molecule has 6 heteroatoms. The number of para-hydroxylation sites is 1. The lowest BCUT2D eigenvalue weighted by Gasteiger charge is -2.06. The minimum absolute atomic E-state index is 0.158. The van der Waals surface area contributed by atoms with E-state index in [1.807, 2.05) is 54.6 Å². The van der Waals surface area contributed by atoms with Gasteiger partial charge in [-0.25, -0.2) is 9.98 Å². The van der Waals surface area contributed by atoms with Crippen molar-refractivity contribution in [1.82, 2.24) is 4.98 Å². The monoisotopic (exact) mass is 400 g/mol. The Morgan fingerprint density at radius 1 is 1.00 bits per heavy atom.